The number of amides is 1. The van der Waals surface area contributed by atoms with Gasteiger partial charge in [-0.2, -0.15) is 0 Å². The average molecular weight is 401 g/mol. The van der Waals surface area contributed by atoms with Crippen LogP contribution in [0, 0.1) is 0 Å². The first-order valence-corrected chi connectivity index (χ1v) is 10.5. The van der Waals surface area contributed by atoms with Crippen molar-refractivity contribution in [3.8, 4) is 0 Å². The molecule has 132 valence electrons. The molecule has 3 aromatic rings. The molecule has 0 unspecified atom stereocenters. The smallest absolute Gasteiger partial charge is 0.256 e. The molecule has 0 atom stereocenters. The average Bonchev–Trinajstić information content (AvgIpc) is 2.69. The molecular formula is C20H17ClN2OS2. The molecule has 0 saturated heterocycles. The number of benzene rings is 2. The number of pyridine rings is 1. The predicted octanol–water partition coefficient (Wildman–Crippen LogP) is 6.00. The number of halogens is 1. The Bertz CT molecular complexity index is 883. The van der Waals surface area contributed by atoms with Crippen molar-refractivity contribution >= 4 is 46.8 Å². The Morgan fingerprint density at radius 3 is 2.58 bits per heavy atom. The van der Waals surface area contributed by atoms with Gasteiger partial charge in [0.25, 0.3) is 5.91 Å². The highest BCUT2D eigenvalue weighted by Gasteiger charge is 2.08. The first-order valence-electron chi connectivity index (χ1n) is 7.93. The van der Waals surface area contributed by atoms with E-state index in [-0.39, 0.29) is 5.91 Å². The number of nitrogens with zero attached hydrogens (tertiary/aromatic N) is 1. The van der Waals surface area contributed by atoms with Gasteiger partial charge in [-0.15, -0.1) is 23.5 Å². The maximum Gasteiger partial charge on any atom is 0.256 e. The van der Waals surface area contributed by atoms with Crippen LogP contribution in [0.25, 0.3) is 0 Å². The minimum Gasteiger partial charge on any atom is -0.307 e. The van der Waals surface area contributed by atoms with Gasteiger partial charge in [0.2, 0.25) is 0 Å². The molecule has 6 heteroatoms. The van der Waals surface area contributed by atoms with Crippen LogP contribution in [0.1, 0.15) is 15.9 Å². The van der Waals surface area contributed by atoms with Crippen LogP contribution in [0.4, 0.5) is 5.82 Å². The highest BCUT2D eigenvalue weighted by Crippen LogP contribution is 2.25. The fourth-order valence-electron chi connectivity index (χ4n) is 2.25. The first kappa shape index (κ1) is 18.8. The van der Waals surface area contributed by atoms with Gasteiger partial charge in [-0.3, -0.25) is 4.79 Å². The Morgan fingerprint density at radius 1 is 1.08 bits per heavy atom. The van der Waals surface area contributed by atoms with Crippen LogP contribution in [0.3, 0.4) is 0 Å². The monoisotopic (exact) mass is 400 g/mol. The van der Waals surface area contributed by atoms with E-state index in [1.807, 2.05) is 18.2 Å². The lowest BCUT2D eigenvalue weighted by atomic mass is 10.2. The molecule has 3 rings (SSSR count). The van der Waals surface area contributed by atoms with Crippen LogP contribution in [-0.2, 0) is 5.75 Å². The minimum absolute atomic E-state index is 0.188. The topological polar surface area (TPSA) is 42.0 Å². The number of aromatic nitrogens is 1. The van der Waals surface area contributed by atoms with Crippen molar-refractivity contribution in [2.24, 2.45) is 0 Å². The Balaban J connectivity index is 1.63. The summed E-state index contributed by atoms with van der Waals surface area (Å²) in [7, 11) is 0. The number of anilines is 1. The number of nitrogens with one attached hydrogen (secondary N) is 1. The molecule has 0 saturated carbocycles. The summed E-state index contributed by atoms with van der Waals surface area (Å²) in [4.78, 5) is 18.8. The molecule has 1 aromatic heterocycles. The Hall–Kier alpha value is -1.95. The van der Waals surface area contributed by atoms with Gasteiger partial charge in [0.05, 0.1) is 5.02 Å². The summed E-state index contributed by atoms with van der Waals surface area (Å²) in [5.41, 5.74) is 1.86. The van der Waals surface area contributed by atoms with E-state index in [4.69, 9.17) is 11.6 Å². The predicted molar refractivity (Wildman–Crippen MR) is 111 cm³/mol. The molecule has 26 heavy (non-hydrogen) atoms. The molecule has 3 nitrogen and oxygen atoms in total. The molecule has 0 aliphatic heterocycles. The van der Waals surface area contributed by atoms with Crippen molar-refractivity contribution in [1.82, 2.24) is 4.98 Å². The van der Waals surface area contributed by atoms with Crippen LogP contribution in [-0.4, -0.2) is 17.1 Å². The second-order valence-electron chi connectivity index (χ2n) is 5.48. The highest BCUT2D eigenvalue weighted by atomic mass is 35.5. The van der Waals surface area contributed by atoms with Crippen LogP contribution in [0.2, 0.25) is 5.02 Å². The van der Waals surface area contributed by atoms with Crippen molar-refractivity contribution in [2.75, 3.05) is 11.6 Å². The molecule has 0 fully saturated rings. The van der Waals surface area contributed by atoms with Gasteiger partial charge >= 0.3 is 0 Å². The fourth-order valence-corrected chi connectivity index (χ4v) is 3.68. The van der Waals surface area contributed by atoms with Gasteiger partial charge in [-0.05, 0) is 54.3 Å². The van der Waals surface area contributed by atoms with Gasteiger partial charge in [0.1, 0.15) is 5.82 Å². The van der Waals surface area contributed by atoms with Crippen LogP contribution in [0.5, 0.6) is 0 Å². The van der Waals surface area contributed by atoms with E-state index >= 15 is 0 Å². The van der Waals surface area contributed by atoms with E-state index in [1.54, 1.807) is 41.7 Å². The summed E-state index contributed by atoms with van der Waals surface area (Å²) < 4.78 is 0. The largest absolute Gasteiger partial charge is 0.307 e. The summed E-state index contributed by atoms with van der Waals surface area (Å²) in [6.45, 7) is 0. The van der Waals surface area contributed by atoms with Crippen LogP contribution < -0.4 is 5.32 Å². The van der Waals surface area contributed by atoms with Crippen molar-refractivity contribution in [3.05, 3.63) is 83.0 Å². The van der Waals surface area contributed by atoms with E-state index in [1.165, 1.54) is 16.7 Å². The number of carbonyl (C=O) groups excluding carboxylic acids is 1. The zero-order valence-electron chi connectivity index (χ0n) is 14.1. The molecule has 0 bridgehead atoms. The maximum absolute atomic E-state index is 12.4. The molecule has 0 aliphatic carbocycles. The summed E-state index contributed by atoms with van der Waals surface area (Å²) in [6.07, 6.45) is 3.58. The maximum atomic E-state index is 12.4. The lowest BCUT2D eigenvalue weighted by Crippen LogP contribution is -2.12. The molecule has 0 spiro atoms. The molecular weight excluding hydrogens is 384 g/mol. The van der Waals surface area contributed by atoms with Gasteiger partial charge in [0.15, 0.2) is 0 Å². The van der Waals surface area contributed by atoms with Crippen molar-refractivity contribution < 1.29 is 4.79 Å². The Labute approximate surface area is 166 Å². The van der Waals surface area contributed by atoms with E-state index in [9.17, 15) is 4.79 Å². The van der Waals surface area contributed by atoms with E-state index in [2.05, 4.69) is 40.8 Å². The second-order valence-corrected chi connectivity index (χ2v) is 7.85. The molecule has 0 radical (unpaired) electrons. The van der Waals surface area contributed by atoms with Gasteiger partial charge < -0.3 is 5.32 Å². The fraction of sp³-hybridized carbons (Fsp3) is 0.100. The Morgan fingerprint density at radius 2 is 1.88 bits per heavy atom. The normalized spacial score (nSPS) is 10.5. The third kappa shape index (κ3) is 5.27. The van der Waals surface area contributed by atoms with Crippen LogP contribution >= 0.6 is 35.1 Å². The quantitative estimate of drug-likeness (QED) is 0.515. The van der Waals surface area contributed by atoms with Crippen molar-refractivity contribution in [1.29, 1.82) is 0 Å². The molecule has 1 N–H and O–H groups in total. The van der Waals surface area contributed by atoms with Crippen LogP contribution in [0.15, 0.2) is 76.7 Å². The third-order valence-corrected chi connectivity index (χ3v) is 5.66. The van der Waals surface area contributed by atoms with Gasteiger partial charge in [0, 0.05) is 27.3 Å². The summed E-state index contributed by atoms with van der Waals surface area (Å²) in [6, 6.07) is 19.5. The molecule has 1 amide bonds. The highest BCUT2D eigenvalue weighted by molar-refractivity contribution is 7.98. The summed E-state index contributed by atoms with van der Waals surface area (Å²) in [5.74, 6) is 1.15. The van der Waals surface area contributed by atoms with E-state index in [0.717, 1.165) is 10.6 Å². The van der Waals surface area contributed by atoms with E-state index in [0.29, 0.717) is 16.4 Å². The number of hydrogen-bond donors (Lipinski definition) is 1. The SMILES string of the molecule is CSc1ccc(CSc2cccc(C(=O)Nc3ccc(Cl)cn3)c2)cc1. The van der Waals surface area contributed by atoms with Crippen molar-refractivity contribution in [2.45, 2.75) is 15.5 Å². The zero-order chi connectivity index (χ0) is 18.4. The van der Waals surface area contributed by atoms with E-state index < -0.39 is 0 Å². The molecule has 2 aromatic carbocycles. The van der Waals surface area contributed by atoms with Gasteiger partial charge in [-0.1, -0.05) is 29.8 Å². The molecule has 1 heterocycles. The summed E-state index contributed by atoms with van der Waals surface area (Å²) in [5, 5.41) is 3.31. The number of rotatable bonds is 6. The second kappa shape index (κ2) is 9.12. The van der Waals surface area contributed by atoms with Crippen molar-refractivity contribution in [3.63, 3.8) is 0 Å². The summed E-state index contributed by atoms with van der Waals surface area (Å²) >= 11 is 9.25. The van der Waals surface area contributed by atoms with Gasteiger partial charge in [-0.25, -0.2) is 4.98 Å². The minimum atomic E-state index is -0.188. The lowest BCUT2D eigenvalue weighted by molar-refractivity contribution is 0.102. The Kier molecular flexibility index (Phi) is 6.61. The first-order chi connectivity index (χ1) is 12.6. The molecule has 0 aliphatic rings. The zero-order valence-corrected chi connectivity index (χ0v) is 16.5. The number of hydrogen-bond acceptors (Lipinski definition) is 4. The number of carbonyl (C=O) groups is 1. The third-order valence-electron chi connectivity index (χ3n) is 3.63. The number of thioether (sulfide) groups is 2. The standard InChI is InChI=1S/C20H17ClN2OS2/c1-25-17-8-5-14(6-9-17)13-26-18-4-2-3-15(11-18)20(24)23-19-10-7-16(21)12-22-19/h2-12H,13H2,1H3,(H,22,23,24). The lowest BCUT2D eigenvalue weighted by Gasteiger charge is -2.07.